The SMILES string of the molecule is Cc1nn(C)c(COc2cc(C(=O)O)ccc2Br)c1Cl. The molecule has 106 valence electrons. The van der Waals surface area contributed by atoms with E-state index in [1.54, 1.807) is 17.8 Å². The normalized spacial score (nSPS) is 10.6. The van der Waals surface area contributed by atoms with Gasteiger partial charge in [0.15, 0.2) is 0 Å². The van der Waals surface area contributed by atoms with Crippen LogP contribution in [0.25, 0.3) is 0 Å². The van der Waals surface area contributed by atoms with Gasteiger partial charge in [-0.2, -0.15) is 5.10 Å². The summed E-state index contributed by atoms with van der Waals surface area (Å²) < 4.78 is 7.96. The van der Waals surface area contributed by atoms with E-state index < -0.39 is 5.97 Å². The average Bonchev–Trinajstić information content (AvgIpc) is 2.63. The zero-order chi connectivity index (χ0) is 14.9. The van der Waals surface area contributed by atoms with Crippen LogP contribution in [0.5, 0.6) is 5.75 Å². The summed E-state index contributed by atoms with van der Waals surface area (Å²) in [5, 5.41) is 13.7. The number of aromatic nitrogens is 2. The first kappa shape index (κ1) is 14.9. The van der Waals surface area contributed by atoms with Crippen molar-refractivity contribution in [3.63, 3.8) is 0 Å². The standard InChI is InChI=1S/C13H12BrClN2O3/c1-7-12(15)10(17(2)16-7)6-20-11-5-8(13(18)19)3-4-9(11)14/h3-5H,6H2,1-2H3,(H,18,19). The number of carboxylic acid groups (broad SMARTS) is 1. The van der Waals surface area contributed by atoms with Gasteiger partial charge < -0.3 is 9.84 Å². The molecule has 20 heavy (non-hydrogen) atoms. The smallest absolute Gasteiger partial charge is 0.335 e. The Labute approximate surface area is 129 Å². The molecule has 1 aromatic heterocycles. The number of hydrogen-bond donors (Lipinski definition) is 1. The van der Waals surface area contributed by atoms with Gasteiger partial charge in [0, 0.05) is 7.05 Å². The number of ether oxygens (including phenoxy) is 1. The third kappa shape index (κ3) is 2.96. The predicted molar refractivity (Wildman–Crippen MR) is 78.4 cm³/mol. The van der Waals surface area contributed by atoms with Crippen LogP contribution in [0.2, 0.25) is 5.02 Å². The van der Waals surface area contributed by atoms with E-state index in [9.17, 15) is 4.79 Å². The Kier molecular flexibility index (Phi) is 4.35. The molecule has 2 rings (SSSR count). The highest BCUT2D eigenvalue weighted by Crippen LogP contribution is 2.28. The van der Waals surface area contributed by atoms with Crippen molar-refractivity contribution in [2.24, 2.45) is 7.05 Å². The van der Waals surface area contributed by atoms with Crippen molar-refractivity contribution < 1.29 is 14.6 Å². The van der Waals surface area contributed by atoms with Crippen molar-refractivity contribution in [3.05, 3.63) is 44.6 Å². The second-order valence-electron chi connectivity index (χ2n) is 4.21. The van der Waals surface area contributed by atoms with Crippen LogP contribution in [0, 0.1) is 6.92 Å². The summed E-state index contributed by atoms with van der Waals surface area (Å²) in [5.74, 6) is -0.559. The quantitative estimate of drug-likeness (QED) is 0.908. The minimum Gasteiger partial charge on any atom is -0.486 e. The molecule has 0 bridgehead atoms. The van der Waals surface area contributed by atoms with Gasteiger partial charge >= 0.3 is 5.97 Å². The number of nitrogens with zero attached hydrogens (tertiary/aromatic N) is 2. The van der Waals surface area contributed by atoms with Gasteiger partial charge in [0.25, 0.3) is 0 Å². The van der Waals surface area contributed by atoms with E-state index in [1.165, 1.54) is 12.1 Å². The topological polar surface area (TPSA) is 64.4 Å². The number of benzene rings is 1. The highest BCUT2D eigenvalue weighted by molar-refractivity contribution is 9.10. The lowest BCUT2D eigenvalue weighted by molar-refractivity contribution is 0.0696. The molecule has 0 fully saturated rings. The van der Waals surface area contributed by atoms with Gasteiger partial charge in [-0.25, -0.2) is 4.79 Å². The van der Waals surface area contributed by atoms with E-state index in [2.05, 4.69) is 21.0 Å². The molecular formula is C13H12BrClN2O3. The summed E-state index contributed by atoms with van der Waals surface area (Å²) in [6, 6.07) is 4.60. The fourth-order valence-corrected chi connectivity index (χ4v) is 2.31. The maximum atomic E-state index is 10.9. The lowest BCUT2D eigenvalue weighted by Gasteiger charge is -2.09. The van der Waals surface area contributed by atoms with Gasteiger partial charge in [-0.15, -0.1) is 0 Å². The van der Waals surface area contributed by atoms with Gasteiger partial charge in [0.2, 0.25) is 0 Å². The molecule has 1 N–H and O–H groups in total. The molecule has 0 radical (unpaired) electrons. The van der Waals surface area contributed by atoms with Crippen LogP contribution in [0.3, 0.4) is 0 Å². The van der Waals surface area contributed by atoms with Crippen molar-refractivity contribution in [3.8, 4) is 5.75 Å². The number of aromatic carboxylic acids is 1. The van der Waals surface area contributed by atoms with Gasteiger partial charge in [-0.1, -0.05) is 11.6 Å². The molecule has 0 aliphatic rings. The van der Waals surface area contributed by atoms with Gasteiger partial charge in [-0.05, 0) is 41.1 Å². The second kappa shape index (κ2) is 5.85. The average molecular weight is 360 g/mol. The van der Waals surface area contributed by atoms with Crippen LogP contribution >= 0.6 is 27.5 Å². The molecule has 1 heterocycles. The molecule has 2 aromatic rings. The first-order chi connectivity index (χ1) is 9.40. The largest absolute Gasteiger partial charge is 0.486 e. The molecule has 5 nitrogen and oxygen atoms in total. The summed E-state index contributed by atoms with van der Waals surface area (Å²) in [6.07, 6.45) is 0. The number of carboxylic acids is 1. The van der Waals surface area contributed by atoms with E-state index in [1.807, 2.05) is 6.92 Å². The minimum absolute atomic E-state index is 0.162. The predicted octanol–water partition coefficient (Wildman–Crippen LogP) is 3.42. The summed E-state index contributed by atoms with van der Waals surface area (Å²) in [5.41, 5.74) is 1.62. The maximum Gasteiger partial charge on any atom is 0.335 e. The summed E-state index contributed by atoms with van der Waals surface area (Å²) >= 11 is 9.45. The second-order valence-corrected chi connectivity index (χ2v) is 5.44. The van der Waals surface area contributed by atoms with Crippen molar-refractivity contribution >= 4 is 33.5 Å². The van der Waals surface area contributed by atoms with Crippen LogP contribution in [0.1, 0.15) is 21.7 Å². The zero-order valence-corrected chi connectivity index (χ0v) is 13.2. The van der Waals surface area contributed by atoms with E-state index >= 15 is 0 Å². The summed E-state index contributed by atoms with van der Waals surface area (Å²) in [6.45, 7) is 2.02. The van der Waals surface area contributed by atoms with Crippen LogP contribution in [-0.4, -0.2) is 20.9 Å². The number of halogens is 2. The molecule has 0 saturated carbocycles. The maximum absolute atomic E-state index is 10.9. The Morgan fingerprint density at radius 2 is 2.25 bits per heavy atom. The third-order valence-corrected chi connectivity index (χ3v) is 3.95. The van der Waals surface area contributed by atoms with E-state index in [0.717, 1.165) is 11.4 Å². The Morgan fingerprint density at radius 1 is 1.55 bits per heavy atom. The van der Waals surface area contributed by atoms with E-state index in [0.29, 0.717) is 15.2 Å². The Hall–Kier alpha value is -1.53. The minimum atomic E-state index is -1.00. The molecular weight excluding hydrogens is 348 g/mol. The number of hydrogen-bond acceptors (Lipinski definition) is 3. The van der Waals surface area contributed by atoms with E-state index in [-0.39, 0.29) is 12.2 Å². The van der Waals surface area contributed by atoms with Gasteiger partial charge in [0.05, 0.1) is 26.4 Å². The summed E-state index contributed by atoms with van der Waals surface area (Å²) in [7, 11) is 1.78. The highest BCUT2D eigenvalue weighted by atomic mass is 79.9. The van der Waals surface area contributed by atoms with Gasteiger partial charge in [-0.3, -0.25) is 4.68 Å². The molecule has 0 saturated heterocycles. The Balaban J connectivity index is 2.22. The van der Waals surface area contributed by atoms with Crippen molar-refractivity contribution in [2.45, 2.75) is 13.5 Å². The molecule has 0 aliphatic carbocycles. The lowest BCUT2D eigenvalue weighted by atomic mass is 10.2. The molecule has 1 aromatic carbocycles. The number of rotatable bonds is 4. The Morgan fingerprint density at radius 3 is 2.80 bits per heavy atom. The van der Waals surface area contributed by atoms with Crippen LogP contribution in [0.4, 0.5) is 0 Å². The first-order valence-corrected chi connectivity index (χ1v) is 6.91. The van der Waals surface area contributed by atoms with Crippen molar-refractivity contribution in [1.82, 2.24) is 9.78 Å². The van der Waals surface area contributed by atoms with Crippen molar-refractivity contribution in [1.29, 1.82) is 0 Å². The third-order valence-electron chi connectivity index (χ3n) is 2.80. The molecule has 0 atom stereocenters. The van der Waals surface area contributed by atoms with E-state index in [4.69, 9.17) is 21.4 Å². The fraction of sp³-hybridized carbons (Fsp3) is 0.231. The molecule has 0 unspecified atom stereocenters. The van der Waals surface area contributed by atoms with Crippen LogP contribution < -0.4 is 4.74 Å². The van der Waals surface area contributed by atoms with Crippen LogP contribution in [0.15, 0.2) is 22.7 Å². The first-order valence-electron chi connectivity index (χ1n) is 5.73. The molecule has 0 spiro atoms. The Bertz CT molecular complexity index is 670. The van der Waals surface area contributed by atoms with Crippen molar-refractivity contribution in [2.75, 3.05) is 0 Å². The summed E-state index contributed by atoms with van der Waals surface area (Å²) in [4.78, 5) is 10.9. The van der Waals surface area contributed by atoms with Crippen LogP contribution in [-0.2, 0) is 13.7 Å². The zero-order valence-electron chi connectivity index (χ0n) is 10.9. The molecule has 0 aliphatic heterocycles. The lowest BCUT2D eigenvalue weighted by Crippen LogP contribution is -2.05. The molecule has 0 amide bonds. The number of aryl methyl sites for hydroxylation is 2. The monoisotopic (exact) mass is 358 g/mol. The molecule has 7 heteroatoms. The van der Waals surface area contributed by atoms with Gasteiger partial charge in [0.1, 0.15) is 12.4 Å². The highest BCUT2D eigenvalue weighted by Gasteiger charge is 2.13. The number of carbonyl (C=O) groups is 1. The fourth-order valence-electron chi connectivity index (χ4n) is 1.73.